The van der Waals surface area contributed by atoms with Gasteiger partial charge in [0.2, 0.25) is 10.0 Å². The minimum Gasteiger partial charge on any atom is -0.363 e. The number of carbonyl (C=O) groups excluding carboxylic acids is 1. The van der Waals surface area contributed by atoms with Gasteiger partial charge in [-0.15, -0.1) is 0 Å². The van der Waals surface area contributed by atoms with Crippen LogP contribution in [-0.2, 0) is 10.0 Å². The molecule has 2 aromatic heterocycles. The smallest absolute Gasteiger partial charge is 0.253 e. The van der Waals surface area contributed by atoms with Gasteiger partial charge in [0.15, 0.2) is 5.11 Å². The quantitative estimate of drug-likeness (QED) is 0.288. The van der Waals surface area contributed by atoms with Crippen molar-refractivity contribution >= 4 is 44.0 Å². The second kappa shape index (κ2) is 11.1. The topological polar surface area (TPSA) is 125 Å². The minimum atomic E-state index is -3.84. The van der Waals surface area contributed by atoms with E-state index >= 15 is 0 Å². The summed E-state index contributed by atoms with van der Waals surface area (Å²) >= 11 is 5.51. The van der Waals surface area contributed by atoms with E-state index in [4.69, 9.17) is 17.2 Å². The fourth-order valence-electron chi connectivity index (χ4n) is 5.06. The molecule has 0 aliphatic heterocycles. The Kier molecular flexibility index (Phi) is 7.84. The predicted octanol–water partition coefficient (Wildman–Crippen LogP) is 3.84. The number of sulfonamides is 1. The van der Waals surface area contributed by atoms with Crippen molar-refractivity contribution in [1.29, 1.82) is 0 Å². The first kappa shape index (κ1) is 27.4. The van der Waals surface area contributed by atoms with Crippen molar-refractivity contribution in [2.75, 3.05) is 13.1 Å². The van der Waals surface area contributed by atoms with E-state index in [-0.39, 0.29) is 22.8 Å². The third-order valence-electron chi connectivity index (χ3n) is 7.11. The van der Waals surface area contributed by atoms with Crippen LogP contribution in [0.1, 0.15) is 85.2 Å². The summed E-state index contributed by atoms with van der Waals surface area (Å²) in [5.74, 6) is 0.235. The monoisotopic (exact) mass is 566 g/mol. The molecule has 3 aromatic rings. The van der Waals surface area contributed by atoms with Crippen LogP contribution >= 0.6 is 12.2 Å². The Bertz CT molecular complexity index is 1510. The molecule has 206 valence electrons. The number of aromatic nitrogens is 2. The highest BCUT2D eigenvalue weighted by Gasteiger charge is 2.37. The number of hydrogen-bond donors (Lipinski definition) is 4. The van der Waals surface area contributed by atoms with Crippen molar-refractivity contribution in [1.82, 2.24) is 30.6 Å². The molecule has 9 nitrogen and oxygen atoms in total. The molecule has 2 atom stereocenters. The average molecular weight is 567 g/mol. The van der Waals surface area contributed by atoms with E-state index in [0.29, 0.717) is 41.5 Å². The maximum Gasteiger partial charge on any atom is 0.253 e. The lowest BCUT2D eigenvalue weighted by atomic mass is 9.98. The number of rotatable bonds is 9. The van der Waals surface area contributed by atoms with Crippen molar-refractivity contribution in [3.05, 3.63) is 65.2 Å². The zero-order chi connectivity index (χ0) is 27.7. The predicted molar refractivity (Wildman–Crippen MR) is 155 cm³/mol. The molecule has 5 rings (SSSR count). The molecule has 0 spiro atoms. The molecule has 4 N–H and O–H groups in total. The molecule has 1 saturated carbocycles. The Hall–Kier alpha value is -3.15. The highest BCUT2D eigenvalue weighted by molar-refractivity contribution is 7.89. The van der Waals surface area contributed by atoms with Crippen molar-refractivity contribution < 1.29 is 13.2 Å². The van der Waals surface area contributed by atoms with Crippen molar-refractivity contribution in [2.24, 2.45) is 5.92 Å². The average Bonchev–Trinajstić information content (AvgIpc) is 3.71. The summed E-state index contributed by atoms with van der Waals surface area (Å²) in [6.45, 7) is 6.88. The van der Waals surface area contributed by atoms with Crippen LogP contribution in [0.5, 0.6) is 0 Å². The number of benzene rings is 1. The van der Waals surface area contributed by atoms with Crippen LogP contribution in [0.3, 0.4) is 0 Å². The molecule has 11 heteroatoms. The first-order valence-electron chi connectivity index (χ1n) is 13.4. The number of hydrogen-bond acceptors (Lipinski definition) is 6. The van der Waals surface area contributed by atoms with E-state index in [1.165, 1.54) is 6.20 Å². The van der Waals surface area contributed by atoms with Crippen LogP contribution < -0.4 is 20.7 Å². The highest BCUT2D eigenvalue weighted by atomic mass is 32.2. The van der Waals surface area contributed by atoms with Crippen LogP contribution in [-0.4, -0.2) is 42.5 Å². The molecule has 0 saturated heterocycles. The Morgan fingerprint density at radius 2 is 1.92 bits per heavy atom. The Labute approximate surface area is 234 Å². The molecular formula is C28H34N6O3S2. The van der Waals surface area contributed by atoms with Crippen molar-refractivity contribution in [2.45, 2.75) is 62.9 Å². The first-order chi connectivity index (χ1) is 18.7. The molecule has 2 heterocycles. The van der Waals surface area contributed by atoms with E-state index in [1.54, 1.807) is 30.6 Å². The maximum absolute atomic E-state index is 13.7. The molecule has 39 heavy (non-hydrogen) atoms. The highest BCUT2D eigenvalue weighted by Crippen LogP contribution is 2.46. The minimum absolute atomic E-state index is 0.149. The lowest BCUT2D eigenvalue weighted by Crippen LogP contribution is -2.37. The number of amides is 1. The van der Waals surface area contributed by atoms with Crippen LogP contribution in [0.15, 0.2) is 47.8 Å². The molecule has 0 unspecified atom stereocenters. The Morgan fingerprint density at radius 3 is 2.59 bits per heavy atom. The largest absolute Gasteiger partial charge is 0.363 e. The zero-order valence-electron chi connectivity index (χ0n) is 22.3. The molecule has 2 aliphatic carbocycles. The molecule has 1 amide bonds. The lowest BCUT2D eigenvalue weighted by molar-refractivity contribution is 0.0935. The zero-order valence-corrected chi connectivity index (χ0v) is 24.0. The molecule has 0 bridgehead atoms. The van der Waals surface area contributed by atoms with Crippen molar-refractivity contribution in [3.63, 3.8) is 0 Å². The first-order valence-corrected chi connectivity index (χ1v) is 15.3. The van der Waals surface area contributed by atoms with Crippen LogP contribution in [0.2, 0.25) is 0 Å². The second-order valence-electron chi connectivity index (χ2n) is 10.6. The number of fused-ring (bicyclic) bond motifs is 3. The normalized spacial score (nSPS) is 18.7. The van der Waals surface area contributed by atoms with Crippen LogP contribution in [0, 0.1) is 5.92 Å². The van der Waals surface area contributed by atoms with Gasteiger partial charge < -0.3 is 16.0 Å². The van der Waals surface area contributed by atoms with Gasteiger partial charge in [0, 0.05) is 54.1 Å². The number of nitrogens with zero attached hydrogens (tertiary/aromatic N) is 2. The third-order valence-corrected chi connectivity index (χ3v) is 8.84. The lowest BCUT2D eigenvalue weighted by Gasteiger charge is -2.20. The second-order valence-corrected chi connectivity index (χ2v) is 12.8. The summed E-state index contributed by atoms with van der Waals surface area (Å²) in [5, 5.41) is 11.5. The summed E-state index contributed by atoms with van der Waals surface area (Å²) in [6, 6.07) is 6.37. The van der Waals surface area contributed by atoms with E-state index in [1.807, 2.05) is 26.8 Å². The Balaban J connectivity index is 1.65. The fourth-order valence-corrected chi connectivity index (χ4v) is 6.79. The molecule has 0 radical (unpaired) electrons. The summed E-state index contributed by atoms with van der Waals surface area (Å²) in [5.41, 5.74) is 2.98. The van der Waals surface area contributed by atoms with Gasteiger partial charge in [0.05, 0.1) is 22.5 Å². The molecule has 1 aromatic carbocycles. The van der Waals surface area contributed by atoms with E-state index in [9.17, 15) is 13.2 Å². The summed E-state index contributed by atoms with van der Waals surface area (Å²) in [6.07, 6.45) is 7.52. The maximum atomic E-state index is 13.7. The van der Waals surface area contributed by atoms with Gasteiger partial charge in [-0.2, -0.15) is 0 Å². The number of pyridine rings is 2. The van der Waals surface area contributed by atoms with Gasteiger partial charge >= 0.3 is 0 Å². The molecule has 2 aliphatic rings. The van der Waals surface area contributed by atoms with Crippen LogP contribution in [0.25, 0.3) is 10.8 Å². The van der Waals surface area contributed by atoms with E-state index in [2.05, 4.69) is 25.7 Å². The fraction of sp³-hybridized carbons (Fsp3) is 0.429. The van der Waals surface area contributed by atoms with E-state index in [0.717, 1.165) is 35.0 Å². The summed E-state index contributed by atoms with van der Waals surface area (Å²) in [4.78, 5) is 22.1. The SMILES string of the molecule is CCNC(=S)N[C@@H]1C[C@@H](NC(=O)c2cccnc2)c2cc(S(=O)(=O)NCC(C)C)c3cc(C4CC4)ncc3c21. The summed E-state index contributed by atoms with van der Waals surface area (Å²) in [7, 11) is -3.84. The van der Waals surface area contributed by atoms with Gasteiger partial charge in [-0.1, -0.05) is 13.8 Å². The van der Waals surface area contributed by atoms with Crippen molar-refractivity contribution in [3.8, 4) is 0 Å². The number of nitrogens with one attached hydrogen (secondary N) is 4. The van der Waals surface area contributed by atoms with Crippen LogP contribution in [0.4, 0.5) is 0 Å². The van der Waals surface area contributed by atoms with E-state index < -0.39 is 16.1 Å². The van der Waals surface area contributed by atoms with Gasteiger partial charge in [-0.3, -0.25) is 14.8 Å². The van der Waals surface area contributed by atoms with Gasteiger partial charge in [0.1, 0.15) is 0 Å². The van der Waals surface area contributed by atoms with Gasteiger partial charge in [0.25, 0.3) is 5.91 Å². The number of thiocarbonyl (C=S) groups is 1. The third kappa shape index (κ3) is 5.90. The Morgan fingerprint density at radius 1 is 1.13 bits per heavy atom. The number of carbonyl (C=O) groups is 1. The molecule has 1 fully saturated rings. The van der Waals surface area contributed by atoms with Gasteiger partial charge in [-0.25, -0.2) is 13.1 Å². The molecular weight excluding hydrogens is 532 g/mol. The standard InChI is InChI=1S/C28H34N6O3S2/c1-4-30-28(38)34-24-12-23(33-27(35)18-6-5-9-29-14-18)20-11-25(39(36,37)32-13-16(2)3)19-10-22(17-7-8-17)31-15-21(19)26(20)24/h5-6,9-11,14-17,23-24,32H,4,7-8,12-13H2,1-3H3,(H,33,35)(H2,30,34,38)/t23-,24-/m1/s1. The summed E-state index contributed by atoms with van der Waals surface area (Å²) < 4.78 is 30.1. The van der Waals surface area contributed by atoms with Gasteiger partial charge in [-0.05, 0) is 79.7 Å².